The monoisotopic (exact) mass is 295 g/mol. The molecule has 0 saturated carbocycles. The summed E-state index contributed by atoms with van der Waals surface area (Å²) >= 11 is 0. The molecule has 0 aliphatic carbocycles. The minimum absolute atomic E-state index is 0.245. The van der Waals surface area contributed by atoms with Crippen molar-refractivity contribution in [3.63, 3.8) is 0 Å². The van der Waals surface area contributed by atoms with Gasteiger partial charge in [0.2, 0.25) is 17.4 Å². The predicted molar refractivity (Wildman–Crippen MR) is 79.7 cm³/mol. The van der Waals surface area contributed by atoms with Crippen molar-refractivity contribution >= 4 is 23.7 Å². The Hall–Kier alpha value is -2.79. The van der Waals surface area contributed by atoms with E-state index in [2.05, 4.69) is 0 Å². The molecule has 22 heavy (non-hydrogen) atoms. The van der Waals surface area contributed by atoms with Crippen molar-refractivity contribution in [2.24, 2.45) is 0 Å². The Bertz CT molecular complexity index is 782. The molecule has 1 atom stereocenters. The second-order valence-corrected chi connectivity index (χ2v) is 5.11. The van der Waals surface area contributed by atoms with E-state index in [4.69, 9.17) is 0 Å². The Balaban J connectivity index is 2.21. The molecule has 1 unspecified atom stereocenters. The zero-order valence-corrected chi connectivity index (χ0v) is 11.8. The summed E-state index contributed by atoms with van der Waals surface area (Å²) in [5.74, 6) is -1.00. The van der Waals surface area contributed by atoms with Crippen molar-refractivity contribution in [3.8, 4) is 0 Å². The summed E-state index contributed by atoms with van der Waals surface area (Å²) in [5, 5.41) is 11.0. The number of ketones is 1. The second-order valence-electron chi connectivity index (χ2n) is 5.11. The molecule has 5 nitrogen and oxygen atoms in total. The summed E-state index contributed by atoms with van der Waals surface area (Å²) in [4.78, 5) is 36.5. The summed E-state index contributed by atoms with van der Waals surface area (Å²) in [7, 11) is 0. The molecule has 0 spiro atoms. The third-order valence-corrected chi connectivity index (χ3v) is 3.79. The quantitative estimate of drug-likeness (QED) is 0.859. The molecule has 1 aliphatic rings. The van der Waals surface area contributed by atoms with Crippen LogP contribution in [-0.4, -0.2) is 23.1 Å². The normalized spacial score (nSPS) is 19.9. The maximum absolute atomic E-state index is 12.7. The number of fused-ring (bicyclic) bond motifs is 1. The molecule has 0 aromatic heterocycles. The van der Waals surface area contributed by atoms with Crippen LogP contribution in [0.4, 0.5) is 5.69 Å². The number of hydrogen-bond acceptors (Lipinski definition) is 4. The van der Waals surface area contributed by atoms with Crippen LogP contribution in [-0.2, 0) is 10.5 Å². The van der Waals surface area contributed by atoms with E-state index in [1.807, 2.05) is 0 Å². The van der Waals surface area contributed by atoms with Crippen LogP contribution in [0.3, 0.4) is 0 Å². The molecule has 110 valence electrons. The molecule has 1 amide bonds. The highest BCUT2D eigenvalue weighted by molar-refractivity contribution is 6.19. The maximum atomic E-state index is 12.7. The molecule has 3 rings (SSSR count). The van der Waals surface area contributed by atoms with Gasteiger partial charge in [-0.05, 0) is 12.1 Å². The first-order valence-electron chi connectivity index (χ1n) is 6.73. The smallest absolute Gasteiger partial charge is 0.236 e. The molecular weight excluding hydrogens is 282 g/mol. The molecule has 1 aliphatic heterocycles. The van der Waals surface area contributed by atoms with E-state index >= 15 is 0 Å². The van der Waals surface area contributed by atoms with E-state index < -0.39 is 17.4 Å². The molecule has 1 heterocycles. The average molecular weight is 295 g/mol. The number of rotatable bonds is 2. The van der Waals surface area contributed by atoms with Crippen molar-refractivity contribution in [1.82, 2.24) is 0 Å². The number of benzene rings is 2. The molecule has 5 heteroatoms. The van der Waals surface area contributed by atoms with E-state index in [0.29, 0.717) is 23.1 Å². The van der Waals surface area contributed by atoms with Crippen molar-refractivity contribution in [1.29, 1.82) is 0 Å². The Morgan fingerprint density at radius 3 is 2.36 bits per heavy atom. The fourth-order valence-corrected chi connectivity index (χ4v) is 2.78. The van der Waals surface area contributed by atoms with Crippen LogP contribution < -0.4 is 4.90 Å². The van der Waals surface area contributed by atoms with Crippen LogP contribution >= 0.6 is 0 Å². The second kappa shape index (κ2) is 4.89. The zero-order chi connectivity index (χ0) is 15.9. The number of para-hydroxylation sites is 1. The van der Waals surface area contributed by atoms with Crippen LogP contribution in [0.15, 0.2) is 48.5 Å². The highest BCUT2D eigenvalue weighted by Gasteiger charge is 2.53. The highest BCUT2D eigenvalue weighted by atomic mass is 16.3. The number of Topliss-reactive ketones (excluding diaryl/α,β-unsaturated/α-hetero) is 1. The number of carbonyl (C=O) groups excluding carboxylic acids is 3. The Kier molecular flexibility index (Phi) is 3.15. The van der Waals surface area contributed by atoms with Crippen molar-refractivity contribution in [3.05, 3.63) is 65.2 Å². The molecular formula is C17H13NO4. The predicted octanol–water partition coefficient (Wildman–Crippen LogP) is 1.89. The highest BCUT2D eigenvalue weighted by Crippen LogP contribution is 2.43. The zero-order valence-electron chi connectivity index (χ0n) is 11.8. The SMILES string of the molecule is CC(=O)N1c2ccccc2C(=O)C1(O)c1ccc(C=O)cc1. The third kappa shape index (κ3) is 1.79. The number of anilines is 1. The fraction of sp³-hybridized carbons (Fsp3) is 0.118. The number of carbonyl (C=O) groups is 3. The fourth-order valence-electron chi connectivity index (χ4n) is 2.78. The Labute approximate surface area is 126 Å². The van der Waals surface area contributed by atoms with Gasteiger partial charge in [0.25, 0.3) is 0 Å². The van der Waals surface area contributed by atoms with Gasteiger partial charge in [0.1, 0.15) is 6.29 Å². The van der Waals surface area contributed by atoms with Gasteiger partial charge in [-0.25, -0.2) is 0 Å². The summed E-state index contributed by atoms with van der Waals surface area (Å²) in [5.41, 5.74) is -0.752. The van der Waals surface area contributed by atoms with Crippen LogP contribution in [0.25, 0.3) is 0 Å². The van der Waals surface area contributed by atoms with Gasteiger partial charge in [0.15, 0.2) is 0 Å². The molecule has 2 aromatic rings. The van der Waals surface area contributed by atoms with Gasteiger partial charge in [0, 0.05) is 23.6 Å². The summed E-state index contributed by atoms with van der Waals surface area (Å²) in [6.07, 6.45) is 0.668. The number of aldehydes is 1. The lowest BCUT2D eigenvalue weighted by molar-refractivity contribution is -0.120. The molecule has 0 fully saturated rings. The number of nitrogens with zero attached hydrogens (tertiary/aromatic N) is 1. The molecule has 0 bridgehead atoms. The van der Waals surface area contributed by atoms with Crippen molar-refractivity contribution < 1.29 is 19.5 Å². The van der Waals surface area contributed by atoms with Crippen LogP contribution in [0.1, 0.15) is 33.2 Å². The first-order valence-corrected chi connectivity index (χ1v) is 6.73. The number of aliphatic hydroxyl groups is 1. The largest absolute Gasteiger partial charge is 0.360 e. The topological polar surface area (TPSA) is 74.7 Å². The third-order valence-electron chi connectivity index (χ3n) is 3.79. The first-order chi connectivity index (χ1) is 10.5. The van der Waals surface area contributed by atoms with Crippen molar-refractivity contribution in [2.45, 2.75) is 12.6 Å². The number of hydrogen-bond donors (Lipinski definition) is 1. The minimum Gasteiger partial charge on any atom is -0.360 e. The van der Waals surface area contributed by atoms with Crippen LogP contribution in [0, 0.1) is 0 Å². The molecule has 2 aromatic carbocycles. The summed E-state index contributed by atoms with van der Waals surface area (Å²) in [6.45, 7) is 1.29. The molecule has 1 N–H and O–H groups in total. The van der Waals surface area contributed by atoms with E-state index in [0.717, 1.165) is 4.90 Å². The lowest BCUT2D eigenvalue weighted by Gasteiger charge is -2.32. The molecule has 0 saturated heterocycles. The van der Waals surface area contributed by atoms with Crippen molar-refractivity contribution in [2.75, 3.05) is 4.90 Å². The van der Waals surface area contributed by atoms with Gasteiger partial charge in [-0.3, -0.25) is 19.3 Å². The summed E-state index contributed by atoms with van der Waals surface area (Å²) < 4.78 is 0. The minimum atomic E-state index is -2.09. The average Bonchev–Trinajstić information content (AvgIpc) is 2.77. The van der Waals surface area contributed by atoms with Gasteiger partial charge in [-0.2, -0.15) is 0 Å². The summed E-state index contributed by atoms with van der Waals surface area (Å²) in [6, 6.07) is 12.5. The lowest BCUT2D eigenvalue weighted by atomic mass is 9.96. The van der Waals surface area contributed by atoms with E-state index in [1.165, 1.54) is 31.2 Å². The number of amides is 1. The van der Waals surface area contributed by atoms with Gasteiger partial charge in [0.05, 0.1) is 5.69 Å². The van der Waals surface area contributed by atoms with E-state index in [-0.39, 0.29) is 5.56 Å². The lowest BCUT2D eigenvalue weighted by Crippen LogP contribution is -2.50. The van der Waals surface area contributed by atoms with Crippen LogP contribution in [0.5, 0.6) is 0 Å². The standard InChI is InChI=1S/C17H13NO4/c1-11(20)18-15-5-3-2-4-14(15)16(21)17(18,22)13-8-6-12(10-19)7-9-13/h2-10,22H,1H3. The van der Waals surface area contributed by atoms with Crippen LogP contribution in [0.2, 0.25) is 0 Å². The van der Waals surface area contributed by atoms with Gasteiger partial charge in [-0.15, -0.1) is 0 Å². The Morgan fingerprint density at radius 1 is 1.14 bits per heavy atom. The Morgan fingerprint density at radius 2 is 1.77 bits per heavy atom. The molecule has 0 radical (unpaired) electrons. The van der Waals surface area contributed by atoms with Gasteiger partial charge < -0.3 is 5.11 Å². The first kappa shape index (κ1) is 14.2. The van der Waals surface area contributed by atoms with Gasteiger partial charge in [-0.1, -0.05) is 36.4 Å². The van der Waals surface area contributed by atoms with E-state index in [1.54, 1.807) is 24.3 Å². The maximum Gasteiger partial charge on any atom is 0.236 e. The van der Waals surface area contributed by atoms with E-state index in [9.17, 15) is 19.5 Å². The van der Waals surface area contributed by atoms with Gasteiger partial charge >= 0.3 is 0 Å².